The molecule has 4 aromatic rings. The average Bonchev–Trinajstić information content (AvgIpc) is 3.44. The van der Waals surface area contributed by atoms with E-state index in [1.165, 1.54) is 21.5 Å². The summed E-state index contributed by atoms with van der Waals surface area (Å²) in [6.07, 6.45) is 0. The van der Waals surface area contributed by atoms with Crippen molar-refractivity contribution in [1.82, 2.24) is 0 Å². The van der Waals surface area contributed by atoms with Crippen molar-refractivity contribution in [1.29, 1.82) is 0 Å². The third-order valence-corrected chi connectivity index (χ3v) is 4.38. The molecule has 0 aliphatic heterocycles. The van der Waals surface area contributed by atoms with Crippen LogP contribution < -0.4 is 0 Å². The van der Waals surface area contributed by atoms with Crippen molar-refractivity contribution in [3.63, 3.8) is 0 Å². The van der Waals surface area contributed by atoms with Crippen LogP contribution in [0.25, 0.3) is 21.5 Å². The summed E-state index contributed by atoms with van der Waals surface area (Å²) >= 11 is 1.81. The molecule has 0 spiro atoms. The summed E-state index contributed by atoms with van der Waals surface area (Å²) in [4.78, 5) is 20.0. The number of carboxylic acids is 2. The van der Waals surface area contributed by atoms with Crippen molar-refractivity contribution < 1.29 is 39.0 Å². The maximum absolute atomic E-state index is 10.0. The Morgan fingerprint density at radius 1 is 0.639 bits per heavy atom. The molecule has 2 N–H and O–H groups in total. The predicted octanol–water partition coefficient (Wildman–Crippen LogP) is 7.87. The zero-order chi connectivity index (χ0) is 26.4. The van der Waals surface area contributed by atoms with E-state index in [9.17, 15) is 9.59 Å². The fraction of sp³-hybridized carbons (Fsp3) is 0.267. The maximum Gasteiger partial charge on any atom is -0.0809 e. The average molecular weight is 541 g/mol. The third kappa shape index (κ3) is 15.5. The molecule has 4 aromatic carbocycles. The van der Waals surface area contributed by atoms with Crippen molar-refractivity contribution in [2.45, 2.75) is 41.5 Å². The number of aliphatic carboxylic acids is 2. The van der Waals surface area contributed by atoms with Gasteiger partial charge in [0.1, 0.15) is 0 Å². The van der Waals surface area contributed by atoms with Crippen LogP contribution in [0.2, 0.25) is 0 Å². The molecule has 0 saturated carbocycles. The molecule has 4 nitrogen and oxygen atoms in total. The quantitative estimate of drug-likeness (QED) is 0.176. The molecule has 36 heavy (non-hydrogen) atoms. The van der Waals surface area contributed by atoms with E-state index in [-0.39, 0.29) is 14.9 Å². The molecule has 0 heterocycles. The van der Waals surface area contributed by atoms with Crippen LogP contribution in [0, 0.1) is 25.7 Å². The van der Waals surface area contributed by atoms with Crippen LogP contribution in [-0.4, -0.2) is 29.8 Å². The van der Waals surface area contributed by atoms with E-state index in [1.54, 1.807) is 60.7 Å². The second kappa shape index (κ2) is 18.8. The van der Waals surface area contributed by atoms with Crippen LogP contribution in [0.3, 0.4) is 0 Å². The van der Waals surface area contributed by atoms with Crippen LogP contribution in [0.5, 0.6) is 0 Å². The molecule has 0 amide bonds. The van der Waals surface area contributed by atoms with Crippen molar-refractivity contribution >= 4 is 41.1 Å². The van der Waals surface area contributed by atoms with Gasteiger partial charge in [0, 0.05) is 0 Å². The van der Waals surface area contributed by atoms with Crippen molar-refractivity contribution in [3.8, 4) is 0 Å². The molecule has 0 fully saturated rings. The first-order chi connectivity index (χ1) is 15.8. The van der Waals surface area contributed by atoms with E-state index in [1.807, 2.05) is 0 Å². The van der Waals surface area contributed by atoms with Gasteiger partial charge < -0.3 is 25.1 Å². The van der Waals surface area contributed by atoms with Gasteiger partial charge in [0.25, 0.3) is 0 Å². The monoisotopic (exact) mass is 540 g/mol. The van der Waals surface area contributed by atoms with Gasteiger partial charge in [-0.25, -0.2) is 0 Å². The summed E-state index contributed by atoms with van der Waals surface area (Å²) in [6, 6.07) is 29.3. The second-order valence-electron chi connectivity index (χ2n) is 9.42. The number of hydrogen-bond acceptors (Lipinski definition) is 2. The SMILES string of the molecule is CC(C)(C)C(=O)O.CC(C)(C)C(=O)O.[CH3-].[CH3-].[Si]=[Ti].c1ccc2[cH-]ccc2c1.c1ccc2[cH-]ccc2c1. The Labute approximate surface area is 231 Å². The van der Waals surface area contributed by atoms with Gasteiger partial charge >= 0.3 is 38.7 Å². The summed E-state index contributed by atoms with van der Waals surface area (Å²) in [6.45, 7) is 9.97. The summed E-state index contributed by atoms with van der Waals surface area (Å²) in [5.74, 6) is -1.51. The molecule has 0 aromatic heterocycles. The second-order valence-corrected chi connectivity index (χ2v) is 9.42. The standard InChI is InChI=1S/2C9H7.2C5H10O2.2CH3.Si.Ti/c2*1-2-5-9-7-3-6-8(9)4-1;2*1-5(2,3)4(6)7;;;;/h2*1-7H;2*1-3H3,(H,6,7);2*1H3;;/q2*-1;;;2*-1;;. The van der Waals surface area contributed by atoms with E-state index >= 15 is 0 Å². The van der Waals surface area contributed by atoms with Crippen molar-refractivity contribution in [3.05, 3.63) is 99.8 Å². The predicted molar refractivity (Wildman–Crippen MR) is 152 cm³/mol. The zero-order valence-corrected chi connectivity index (χ0v) is 25.4. The molecular formula is C30H40O4SiTi-4. The normalized spacial score (nSPS) is 9.58. The number of hydrogen-bond donors (Lipinski definition) is 2. The summed E-state index contributed by atoms with van der Waals surface area (Å²) in [5.41, 5.74) is -1.17. The maximum atomic E-state index is 10.0. The Balaban J connectivity index is -0.000000391. The molecule has 4 rings (SSSR count). The molecule has 0 unspecified atom stereocenters. The van der Waals surface area contributed by atoms with Gasteiger partial charge in [-0.2, -0.15) is 35.0 Å². The first-order valence-electron chi connectivity index (χ1n) is 10.7. The van der Waals surface area contributed by atoms with E-state index in [0.717, 1.165) is 0 Å². The van der Waals surface area contributed by atoms with Crippen molar-refractivity contribution in [2.24, 2.45) is 10.8 Å². The minimum atomic E-state index is -0.757. The molecule has 0 saturated heterocycles. The number of fused-ring (bicyclic) bond motifs is 2. The van der Waals surface area contributed by atoms with Gasteiger partial charge in [0.15, 0.2) is 0 Å². The number of carbonyl (C=O) groups is 2. The number of carboxylic acid groups (broad SMARTS) is 2. The Hall–Kier alpha value is -2.47. The van der Waals surface area contributed by atoms with Crippen LogP contribution in [0.4, 0.5) is 0 Å². The molecule has 0 bridgehead atoms. The Morgan fingerprint density at radius 2 is 0.889 bits per heavy atom. The minimum absolute atomic E-state index is 0. The van der Waals surface area contributed by atoms with E-state index in [4.69, 9.17) is 10.2 Å². The van der Waals surface area contributed by atoms with E-state index in [0.29, 0.717) is 0 Å². The van der Waals surface area contributed by atoms with Crippen LogP contribution in [0.15, 0.2) is 84.9 Å². The molecule has 0 aliphatic rings. The molecule has 6 heteroatoms. The third-order valence-electron chi connectivity index (χ3n) is 4.38. The first-order valence-corrected chi connectivity index (χ1v) is 13.6. The van der Waals surface area contributed by atoms with Gasteiger partial charge in [-0.1, -0.05) is 12.1 Å². The number of rotatable bonds is 0. The van der Waals surface area contributed by atoms with Gasteiger partial charge in [0.05, 0.1) is 10.8 Å². The van der Waals surface area contributed by atoms with Gasteiger partial charge in [-0.05, 0) is 41.5 Å². The Bertz CT molecular complexity index is 980. The zero-order valence-electron chi connectivity index (χ0n) is 22.8. The summed E-state index contributed by atoms with van der Waals surface area (Å²) in [5, 5.41) is 21.8. The minimum Gasteiger partial charge on any atom is -0.168 e. The molecular weight excluding hydrogens is 500 g/mol. The van der Waals surface area contributed by atoms with Crippen molar-refractivity contribution in [2.75, 3.05) is 0 Å². The van der Waals surface area contributed by atoms with E-state index < -0.39 is 22.8 Å². The number of benzene rings is 2. The van der Waals surface area contributed by atoms with E-state index in [2.05, 4.69) is 92.6 Å². The van der Waals surface area contributed by atoms with Gasteiger partial charge in [-0.15, -0.1) is 59.3 Å². The molecule has 2 radical (unpaired) electrons. The Morgan fingerprint density at radius 3 is 1.11 bits per heavy atom. The Kier molecular flexibility index (Phi) is 19.8. The topological polar surface area (TPSA) is 74.6 Å². The van der Waals surface area contributed by atoms with Crippen LogP contribution >= 0.6 is 0 Å². The van der Waals surface area contributed by atoms with Crippen LogP contribution in [-0.2, 0) is 28.8 Å². The molecule has 0 aliphatic carbocycles. The molecule has 196 valence electrons. The fourth-order valence-electron chi connectivity index (χ4n) is 2.14. The van der Waals surface area contributed by atoms with Gasteiger partial charge in [0.2, 0.25) is 0 Å². The smallest absolute Gasteiger partial charge is 0.0809 e. The van der Waals surface area contributed by atoms with Crippen LogP contribution in [0.1, 0.15) is 41.5 Å². The molecule has 0 atom stereocenters. The first kappa shape index (κ1) is 38.1. The summed E-state index contributed by atoms with van der Waals surface area (Å²) < 4.78 is 0. The summed E-state index contributed by atoms with van der Waals surface area (Å²) in [7, 11) is 2.97. The van der Waals surface area contributed by atoms with Gasteiger partial charge in [-0.3, -0.25) is 9.59 Å². The fourth-order valence-corrected chi connectivity index (χ4v) is 2.14. The largest absolute Gasteiger partial charge is 0.168 e.